The van der Waals surface area contributed by atoms with Crippen LogP contribution in [0.25, 0.3) is 21.9 Å². The van der Waals surface area contributed by atoms with E-state index in [0.717, 1.165) is 26.4 Å². The van der Waals surface area contributed by atoms with Crippen LogP contribution in [0.3, 0.4) is 0 Å². The highest BCUT2D eigenvalue weighted by Crippen LogP contribution is 2.40. The highest BCUT2D eigenvalue weighted by molar-refractivity contribution is 7.99. The molecule has 0 N–H and O–H groups in total. The van der Waals surface area contributed by atoms with Gasteiger partial charge in [-0.3, -0.25) is 0 Å². The van der Waals surface area contributed by atoms with Crippen molar-refractivity contribution in [3.05, 3.63) is 84.3 Å². The van der Waals surface area contributed by atoms with Gasteiger partial charge in [-0.2, -0.15) is 0 Å². The lowest BCUT2D eigenvalue weighted by atomic mass is 10.0. The maximum absolute atomic E-state index is 6.47. The van der Waals surface area contributed by atoms with Crippen molar-refractivity contribution in [2.45, 2.75) is 9.92 Å². The number of aromatic nitrogens is 2. The molecule has 4 heteroatoms. The van der Waals surface area contributed by atoms with Crippen molar-refractivity contribution in [3.8, 4) is 11.1 Å². The molecule has 0 radical (unpaired) electrons. The molecule has 0 atom stereocenters. The van der Waals surface area contributed by atoms with Crippen LogP contribution in [0.5, 0.6) is 0 Å². The van der Waals surface area contributed by atoms with Crippen molar-refractivity contribution in [2.75, 3.05) is 0 Å². The molecular formula is C20H13ClN2S. The summed E-state index contributed by atoms with van der Waals surface area (Å²) in [5.41, 5.74) is 1.93. The standard InChI is InChI=1S/C20H13ClN2S/c21-19-18(17-12-6-8-14-7-4-5-11-16(14)17)20(23-13-22-19)24-15-9-2-1-3-10-15/h1-13H. The van der Waals surface area contributed by atoms with E-state index in [9.17, 15) is 0 Å². The first-order valence-corrected chi connectivity index (χ1v) is 8.74. The Morgan fingerprint density at radius 1 is 0.750 bits per heavy atom. The van der Waals surface area contributed by atoms with Crippen LogP contribution >= 0.6 is 23.4 Å². The number of fused-ring (bicyclic) bond motifs is 1. The summed E-state index contributed by atoms with van der Waals surface area (Å²) < 4.78 is 0. The monoisotopic (exact) mass is 348 g/mol. The summed E-state index contributed by atoms with van der Waals surface area (Å²) in [4.78, 5) is 9.81. The molecule has 0 bridgehead atoms. The van der Waals surface area contributed by atoms with Crippen LogP contribution in [0.2, 0.25) is 5.15 Å². The number of benzene rings is 3. The second-order valence-electron chi connectivity index (χ2n) is 5.29. The molecular weight excluding hydrogens is 336 g/mol. The summed E-state index contributed by atoms with van der Waals surface area (Å²) in [5.74, 6) is 0. The Morgan fingerprint density at radius 3 is 2.38 bits per heavy atom. The van der Waals surface area contributed by atoms with Gasteiger partial charge >= 0.3 is 0 Å². The minimum atomic E-state index is 0.472. The van der Waals surface area contributed by atoms with E-state index in [1.165, 1.54) is 11.7 Å². The largest absolute Gasteiger partial charge is 0.229 e. The molecule has 1 aromatic heterocycles. The Balaban J connectivity index is 1.91. The zero-order valence-corrected chi connectivity index (χ0v) is 14.3. The lowest BCUT2D eigenvalue weighted by molar-refractivity contribution is 1.05. The van der Waals surface area contributed by atoms with Gasteiger partial charge in [0.25, 0.3) is 0 Å². The summed E-state index contributed by atoms with van der Waals surface area (Å²) in [6.45, 7) is 0. The van der Waals surface area contributed by atoms with Crippen LogP contribution in [0.15, 0.2) is 89.0 Å². The van der Waals surface area contributed by atoms with E-state index in [4.69, 9.17) is 11.6 Å². The second kappa shape index (κ2) is 6.63. The molecule has 0 spiro atoms. The zero-order valence-electron chi connectivity index (χ0n) is 12.7. The first-order chi connectivity index (χ1) is 11.8. The Labute approximate surface area is 149 Å². The summed E-state index contributed by atoms with van der Waals surface area (Å²) in [5, 5.41) is 3.65. The van der Waals surface area contributed by atoms with Gasteiger partial charge in [0.05, 0.1) is 5.56 Å². The number of hydrogen-bond acceptors (Lipinski definition) is 3. The van der Waals surface area contributed by atoms with Gasteiger partial charge in [-0.25, -0.2) is 9.97 Å². The van der Waals surface area contributed by atoms with Crippen molar-refractivity contribution in [2.24, 2.45) is 0 Å². The van der Waals surface area contributed by atoms with E-state index >= 15 is 0 Å². The highest BCUT2D eigenvalue weighted by atomic mass is 35.5. The van der Waals surface area contributed by atoms with Gasteiger partial charge < -0.3 is 0 Å². The number of nitrogens with zero attached hydrogens (tertiary/aromatic N) is 2. The highest BCUT2D eigenvalue weighted by Gasteiger charge is 2.15. The molecule has 0 unspecified atom stereocenters. The molecule has 0 amide bonds. The third kappa shape index (κ3) is 2.88. The minimum absolute atomic E-state index is 0.472. The predicted octanol–water partition coefficient (Wildman–Crippen LogP) is 6.10. The number of rotatable bonds is 3. The van der Waals surface area contributed by atoms with Gasteiger partial charge in [0, 0.05) is 4.90 Å². The SMILES string of the molecule is Clc1ncnc(Sc2ccccc2)c1-c1cccc2ccccc12. The van der Waals surface area contributed by atoms with Crippen LogP contribution in [0, 0.1) is 0 Å². The van der Waals surface area contributed by atoms with Crippen molar-refractivity contribution in [1.82, 2.24) is 9.97 Å². The average Bonchev–Trinajstić information content (AvgIpc) is 2.63. The van der Waals surface area contributed by atoms with E-state index in [0.29, 0.717) is 5.15 Å². The molecule has 0 fully saturated rings. The van der Waals surface area contributed by atoms with Gasteiger partial charge in [-0.1, -0.05) is 84.0 Å². The summed E-state index contributed by atoms with van der Waals surface area (Å²) in [7, 11) is 0. The van der Waals surface area contributed by atoms with E-state index in [1.807, 2.05) is 36.4 Å². The summed E-state index contributed by atoms with van der Waals surface area (Å²) >= 11 is 8.06. The van der Waals surface area contributed by atoms with E-state index in [-0.39, 0.29) is 0 Å². The fraction of sp³-hybridized carbons (Fsp3) is 0. The number of hydrogen-bond donors (Lipinski definition) is 0. The molecule has 0 saturated carbocycles. The molecule has 24 heavy (non-hydrogen) atoms. The molecule has 1 heterocycles. The van der Waals surface area contributed by atoms with Gasteiger partial charge in [0.2, 0.25) is 0 Å². The molecule has 3 aromatic carbocycles. The maximum Gasteiger partial charge on any atom is 0.141 e. The Bertz CT molecular complexity index is 997. The van der Waals surface area contributed by atoms with Crippen molar-refractivity contribution in [1.29, 1.82) is 0 Å². The maximum atomic E-state index is 6.47. The second-order valence-corrected chi connectivity index (χ2v) is 6.71. The first-order valence-electron chi connectivity index (χ1n) is 7.54. The molecule has 0 saturated heterocycles. The van der Waals surface area contributed by atoms with Crippen LogP contribution in [0.1, 0.15) is 0 Å². The molecule has 0 aliphatic rings. The summed E-state index contributed by atoms with van der Waals surface area (Å²) in [6.07, 6.45) is 1.52. The van der Waals surface area contributed by atoms with Gasteiger partial charge in [-0.05, 0) is 28.5 Å². The van der Waals surface area contributed by atoms with E-state index < -0.39 is 0 Å². The van der Waals surface area contributed by atoms with Crippen molar-refractivity contribution in [3.63, 3.8) is 0 Å². The quantitative estimate of drug-likeness (QED) is 0.418. The average molecular weight is 349 g/mol. The Kier molecular flexibility index (Phi) is 4.20. The fourth-order valence-electron chi connectivity index (χ4n) is 2.70. The first kappa shape index (κ1) is 15.2. The summed E-state index contributed by atoms with van der Waals surface area (Å²) in [6, 6.07) is 24.6. The predicted molar refractivity (Wildman–Crippen MR) is 101 cm³/mol. The van der Waals surface area contributed by atoms with E-state index in [2.05, 4.69) is 46.4 Å². The smallest absolute Gasteiger partial charge is 0.141 e. The lowest BCUT2D eigenvalue weighted by Gasteiger charge is -2.12. The lowest BCUT2D eigenvalue weighted by Crippen LogP contribution is -1.92. The molecule has 0 aliphatic carbocycles. The van der Waals surface area contributed by atoms with Crippen molar-refractivity contribution >= 4 is 34.1 Å². The minimum Gasteiger partial charge on any atom is -0.229 e. The third-order valence-electron chi connectivity index (χ3n) is 3.78. The normalized spacial score (nSPS) is 10.9. The third-order valence-corrected chi connectivity index (χ3v) is 5.08. The van der Waals surface area contributed by atoms with Gasteiger partial charge in [0.15, 0.2) is 0 Å². The fourth-order valence-corrected chi connectivity index (χ4v) is 3.91. The molecule has 2 nitrogen and oxygen atoms in total. The molecule has 0 aliphatic heterocycles. The van der Waals surface area contributed by atoms with Crippen LogP contribution in [-0.4, -0.2) is 9.97 Å². The van der Waals surface area contributed by atoms with Crippen LogP contribution in [-0.2, 0) is 0 Å². The van der Waals surface area contributed by atoms with Gasteiger partial charge in [-0.15, -0.1) is 0 Å². The zero-order chi connectivity index (χ0) is 16.4. The topological polar surface area (TPSA) is 25.8 Å². The number of halogens is 1. The van der Waals surface area contributed by atoms with Crippen LogP contribution in [0.4, 0.5) is 0 Å². The molecule has 116 valence electrons. The van der Waals surface area contributed by atoms with Crippen molar-refractivity contribution < 1.29 is 0 Å². The Hall–Kier alpha value is -2.36. The van der Waals surface area contributed by atoms with Gasteiger partial charge in [0.1, 0.15) is 16.5 Å². The molecule has 4 rings (SSSR count). The molecule has 4 aromatic rings. The van der Waals surface area contributed by atoms with E-state index in [1.54, 1.807) is 11.8 Å². The van der Waals surface area contributed by atoms with Crippen LogP contribution < -0.4 is 0 Å². The Morgan fingerprint density at radius 2 is 1.50 bits per heavy atom.